The third-order valence-electron chi connectivity index (χ3n) is 6.52. The standard InChI is InChI=1S/C19H32O9/c1-10(21)4-5-19(25)17(2)6-11(7-18(19,3)26-9-17)27-16-15(24)14(23)13(22)12(8-20)28-16/h4-5,10-16,20-25H,6-9H2,1-3H3. The van der Waals surface area contributed by atoms with E-state index in [1.54, 1.807) is 19.9 Å². The van der Waals surface area contributed by atoms with E-state index in [1.165, 1.54) is 6.08 Å². The molecule has 2 heterocycles. The Kier molecular flexibility index (Phi) is 5.97. The lowest BCUT2D eigenvalue weighted by Crippen LogP contribution is -2.63. The highest BCUT2D eigenvalue weighted by molar-refractivity contribution is 5.26. The fourth-order valence-corrected chi connectivity index (χ4v) is 4.74. The summed E-state index contributed by atoms with van der Waals surface area (Å²) in [6.07, 6.45) is -4.08. The van der Waals surface area contributed by atoms with Crippen LogP contribution in [0, 0.1) is 5.41 Å². The van der Waals surface area contributed by atoms with Crippen LogP contribution in [0.4, 0.5) is 0 Å². The maximum atomic E-state index is 11.4. The number of hydrogen-bond donors (Lipinski definition) is 6. The smallest absolute Gasteiger partial charge is 0.186 e. The molecule has 1 saturated carbocycles. The Morgan fingerprint density at radius 2 is 1.82 bits per heavy atom. The molecule has 1 aliphatic carbocycles. The van der Waals surface area contributed by atoms with E-state index in [1.807, 2.05) is 6.92 Å². The van der Waals surface area contributed by atoms with Crippen LogP contribution >= 0.6 is 0 Å². The number of hydrogen-bond acceptors (Lipinski definition) is 9. The first-order valence-corrected chi connectivity index (χ1v) is 9.66. The van der Waals surface area contributed by atoms with Crippen molar-refractivity contribution in [2.24, 2.45) is 5.41 Å². The van der Waals surface area contributed by atoms with E-state index in [4.69, 9.17) is 14.2 Å². The van der Waals surface area contributed by atoms with Gasteiger partial charge in [-0.1, -0.05) is 19.1 Å². The second-order valence-electron chi connectivity index (χ2n) is 8.81. The maximum absolute atomic E-state index is 11.4. The van der Waals surface area contributed by atoms with Crippen molar-refractivity contribution in [3.63, 3.8) is 0 Å². The van der Waals surface area contributed by atoms with Crippen LogP contribution in [-0.2, 0) is 14.2 Å². The molecule has 2 saturated heterocycles. The molecule has 9 heteroatoms. The average Bonchev–Trinajstić information content (AvgIpc) is 2.73. The van der Waals surface area contributed by atoms with Crippen molar-refractivity contribution in [2.45, 2.75) is 87.7 Å². The molecule has 0 radical (unpaired) electrons. The second-order valence-corrected chi connectivity index (χ2v) is 8.81. The zero-order chi connectivity index (χ0) is 20.9. The molecular formula is C19H32O9. The number of aliphatic hydroxyl groups is 6. The van der Waals surface area contributed by atoms with E-state index in [2.05, 4.69) is 0 Å². The number of aliphatic hydroxyl groups excluding tert-OH is 5. The quantitative estimate of drug-likeness (QED) is 0.299. The van der Waals surface area contributed by atoms with Crippen LogP contribution in [0.2, 0.25) is 0 Å². The molecule has 3 aliphatic rings. The predicted molar refractivity (Wildman–Crippen MR) is 96.1 cm³/mol. The molecule has 0 amide bonds. The zero-order valence-corrected chi connectivity index (χ0v) is 16.4. The Bertz CT molecular complexity index is 574. The molecule has 9 nitrogen and oxygen atoms in total. The van der Waals surface area contributed by atoms with Crippen LogP contribution in [0.25, 0.3) is 0 Å². The van der Waals surface area contributed by atoms with Crippen LogP contribution in [0.3, 0.4) is 0 Å². The molecule has 162 valence electrons. The number of fused-ring (bicyclic) bond motifs is 2. The predicted octanol–water partition coefficient (Wildman–Crippen LogP) is -1.57. The molecule has 6 N–H and O–H groups in total. The van der Waals surface area contributed by atoms with Crippen LogP contribution < -0.4 is 0 Å². The Morgan fingerprint density at radius 3 is 2.39 bits per heavy atom. The average molecular weight is 404 g/mol. The van der Waals surface area contributed by atoms with E-state index in [-0.39, 0.29) is 6.42 Å². The molecule has 28 heavy (non-hydrogen) atoms. The largest absolute Gasteiger partial charge is 0.394 e. The van der Waals surface area contributed by atoms with Crippen LogP contribution in [0.5, 0.6) is 0 Å². The minimum atomic E-state index is -1.51. The summed E-state index contributed by atoms with van der Waals surface area (Å²) in [7, 11) is 0. The van der Waals surface area contributed by atoms with Crippen molar-refractivity contribution < 1.29 is 44.8 Å². The Balaban J connectivity index is 1.77. The summed E-state index contributed by atoms with van der Waals surface area (Å²) in [5.41, 5.74) is -3.00. The third kappa shape index (κ3) is 3.42. The summed E-state index contributed by atoms with van der Waals surface area (Å²) in [6, 6.07) is 0. The SMILES string of the molecule is CC(O)C=CC1(O)C2(C)COC1(C)CC(OC1OC(CO)C(O)C(O)C1O)C2. The molecule has 0 aromatic heterocycles. The highest BCUT2D eigenvalue weighted by Crippen LogP contribution is 2.58. The van der Waals surface area contributed by atoms with Crippen LogP contribution in [-0.4, -0.2) is 98.0 Å². The van der Waals surface area contributed by atoms with Crippen molar-refractivity contribution in [2.75, 3.05) is 13.2 Å². The summed E-state index contributed by atoms with van der Waals surface area (Å²) >= 11 is 0. The number of ether oxygens (including phenoxy) is 3. The summed E-state index contributed by atoms with van der Waals surface area (Å²) < 4.78 is 17.3. The molecule has 0 spiro atoms. The number of rotatable bonds is 5. The van der Waals surface area contributed by atoms with Gasteiger partial charge in [0.1, 0.15) is 35.6 Å². The first-order chi connectivity index (χ1) is 13.0. The fourth-order valence-electron chi connectivity index (χ4n) is 4.74. The van der Waals surface area contributed by atoms with Crippen molar-refractivity contribution in [3.05, 3.63) is 12.2 Å². The van der Waals surface area contributed by atoms with Crippen molar-refractivity contribution in [3.8, 4) is 0 Å². The van der Waals surface area contributed by atoms with Gasteiger partial charge >= 0.3 is 0 Å². The van der Waals surface area contributed by atoms with E-state index in [9.17, 15) is 30.6 Å². The van der Waals surface area contributed by atoms with Gasteiger partial charge in [-0.15, -0.1) is 0 Å². The molecule has 3 rings (SSSR count). The normalized spacial score (nSPS) is 52.9. The molecular weight excluding hydrogens is 372 g/mol. The second kappa shape index (κ2) is 7.57. The van der Waals surface area contributed by atoms with E-state index in [0.717, 1.165) is 0 Å². The topological polar surface area (TPSA) is 149 Å². The van der Waals surface area contributed by atoms with Crippen LogP contribution in [0.15, 0.2) is 12.2 Å². The summed E-state index contributed by atoms with van der Waals surface area (Å²) in [5.74, 6) is 0. The van der Waals surface area contributed by atoms with Crippen molar-refractivity contribution >= 4 is 0 Å². The first kappa shape index (κ1) is 22.1. The summed E-state index contributed by atoms with van der Waals surface area (Å²) in [4.78, 5) is 0. The summed E-state index contributed by atoms with van der Waals surface area (Å²) in [5, 5.41) is 60.4. The highest BCUT2D eigenvalue weighted by atomic mass is 16.7. The van der Waals surface area contributed by atoms with Gasteiger partial charge in [0.15, 0.2) is 6.29 Å². The third-order valence-corrected chi connectivity index (χ3v) is 6.52. The molecule has 3 fully saturated rings. The molecule has 2 bridgehead atoms. The monoisotopic (exact) mass is 404 g/mol. The zero-order valence-electron chi connectivity index (χ0n) is 16.4. The molecule has 0 aromatic rings. The lowest BCUT2D eigenvalue weighted by Gasteiger charge is -2.51. The van der Waals surface area contributed by atoms with Gasteiger partial charge in [0.05, 0.1) is 25.4 Å². The van der Waals surface area contributed by atoms with E-state index in [0.29, 0.717) is 13.0 Å². The minimum Gasteiger partial charge on any atom is -0.394 e. The Hall–Kier alpha value is -0.620. The van der Waals surface area contributed by atoms with Gasteiger partial charge in [-0.25, -0.2) is 0 Å². The van der Waals surface area contributed by atoms with Gasteiger partial charge in [-0.3, -0.25) is 0 Å². The van der Waals surface area contributed by atoms with Gasteiger partial charge in [0.2, 0.25) is 0 Å². The Labute approximate surface area is 164 Å². The minimum absolute atomic E-state index is 0.290. The highest BCUT2D eigenvalue weighted by Gasteiger charge is 2.67. The molecule has 2 aliphatic heterocycles. The summed E-state index contributed by atoms with van der Waals surface area (Å²) in [6.45, 7) is 5.00. The molecule has 10 atom stereocenters. The van der Waals surface area contributed by atoms with Gasteiger partial charge in [-0.2, -0.15) is 0 Å². The Morgan fingerprint density at radius 1 is 1.14 bits per heavy atom. The lowest BCUT2D eigenvalue weighted by atomic mass is 9.59. The lowest BCUT2D eigenvalue weighted by molar-refractivity contribution is -0.319. The van der Waals surface area contributed by atoms with Crippen molar-refractivity contribution in [1.29, 1.82) is 0 Å². The van der Waals surface area contributed by atoms with Gasteiger partial charge in [0.25, 0.3) is 0 Å². The first-order valence-electron chi connectivity index (χ1n) is 9.66. The maximum Gasteiger partial charge on any atom is 0.186 e. The van der Waals surface area contributed by atoms with Gasteiger partial charge in [0, 0.05) is 11.8 Å². The van der Waals surface area contributed by atoms with E-state index >= 15 is 0 Å². The van der Waals surface area contributed by atoms with Crippen molar-refractivity contribution in [1.82, 2.24) is 0 Å². The molecule has 0 aromatic carbocycles. The van der Waals surface area contributed by atoms with E-state index < -0.39 is 66.1 Å². The van der Waals surface area contributed by atoms with Gasteiger partial charge in [-0.05, 0) is 20.3 Å². The molecule has 10 unspecified atom stereocenters. The van der Waals surface area contributed by atoms with Crippen LogP contribution in [0.1, 0.15) is 33.6 Å². The fraction of sp³-hybridized carbons (Fsp3) is 0.895. The van der Waals surface area contributed by atoms with Gasteiger partial charge < -0.3 is 44.8 Å².